The fourth-order valence-electron chi connectivity index (χ4n) is 2.52. The fourth-order valence-corrected chi connectivity index (χ4v) is 2.52. The standard InChI is InChI=1S/C19H23NO/c1-5-14(3)16-8-6-7-9-18(16)20-19(21)17-11-10-13(2)12-15(17)4/h6-12,14H,5H2,1-4H3,(H,20,21)/t14-/m0/s1. The summed E-state index contributed by atoms with van der Waals surface area (Å²) in [6, 6.07) is 14.0. The second kappa shape index (κ2) is 6.57. The number of anilines is 1. The smallest absolute Gasteiger partial charge is 0.255 e. The number of nitrogens with one attached hydrogen (secondary N) is 1. The van der Waals surface area contributed by atoms with E-state index in [0.717, 1.165) is 23.2 Å². The maximum Gasteiger partial charge on any atom is 0.255 e. The molecule has 1 N–H and O–H groups in total. The molecule has 0 aliphatic rings. The number of benzene rings is 2. The normalized spacial score (nSPS) is 12.0. The quantitative estimate of drug-likeness (QED) is 0.833. The Balaban J connectivity index is 2.28. The highest BCUT2D eigenvalue weighted by atomic mass is 16.1. The van der Waals surface area contributed by atoms with Gasteiger partial charge in [0.05, 0.1) is 0 Å². The van der Waals surface area contributed by atoms with E-state index in [0.29, 0.717) is 5.92 Å². The van der Waals surface area contributed by atoms with Crippen molar-refractivity contribution in [1.29, 1.82) is 0 Å². The van der Waals surface area contributed by atoms with Crippen LogP contribution in [-0.2, 0) is 0 Å². The van der Waals surface area contributed by atoms with Gasteiger partial charge in [-0.25, -0.2) is 0 Å². The molecule has 1 amide bonds. The molecule has 2 nitrogen and oxygen atoms in total. The number of rotatable bonds is 4. The lowest BCUT2D eigenvalue weighted by molar-refractivity contribution is 0.102. The molecule has 2 rings (SSSR count). The molecule has 0 bridgehead atoms. The van der Waals surface area contributed by atoms with Gasteiger partial charge in [0, 0.05) is 11.3 Å². The van der Waals surface area contributed by atoms with E-state index in [4.69, 9.17) is 0 Å². The monoisotopic (exact) mass is 281 g/mol. The van der Waals surface area contributed by atoms with E-state index in [1.165, 1.54) is 11.1 Å². The third kappa shape index (κ3) is 3.52. The van der Waals surface area contributed by atoms with Crippen LogP contribution >= 0.6 is 0 Å². The molecule has 2 aromatic rings. The van der Waals surface area contributed by atoms with Crippen LogP contribution in [0, 0.1) is 13.8 Å². The lowest BCUT2D eigenvalue weighted by atomic mass is 9.96. The summed E-state index contributed by atoms with van der Waals surface area (Å²) in [5.41, 5.74) is 5.02. The Morgan fingerprint density at radius 2 is 1.86 bits per heavy atom. The molecule has 0 heterocycles. The van der Waals surface area contributed by atoms with Crippen molar-refractivity contribution >= 4 is 11.6 Å². The first-order chi connectivity index (χ1) is 10.0. The first-order valence-electron chi connectivity index (χ1n) is 7.50. The zero-order chi connectivity index (χ0) is 15.4. The molecule has 2 heteroatoms. The number of carbonyl (C=O) groups excluding carboxylic acids is 1. The summed E-state index contributed by atoms with van der Waals surface area (Å²) in [6.45, 7) is 8.35. The van der Waals surface area contributed by atoms with Crippen LogP contribution in [0.2, 0.25) is 0 Å². The number of hydrogen-bond acceptors (Lipinski definition) is 1. The summed E-state index contributed by atoms with van der Waals surface area (Å²) in [6.07, 6.45) is 1.05. The summed E-state index contributed by atoms with van der Waals surface area (Å²) < 4.78 is 0. The Kier molecular flexibility index (Phi) is 4.79. The molecular formula is C19H23NO. The van der Waals surface area contributed by atoms with Gasteiger partial charge in [-0.15, -0.1) is 0 Å². The molecule has 21 heavy (non-hydrogen) atoms. The number of amides is 1. The van der Waals surface area contributed by atoms with Gasteiger partial charge >= 0.3 is 0 Å². The molecule has 110 valence electrons. The maximum atomic E-state index is 12.5. The third-order valence-electron chi connectivity index (χ3n) is 3.98. The van der Waals surface area contributed by atoms with Crippen molar-refractivity contribution in [2.75, 3.05) is 5.32 Å². The van der Waals surface area contributed by atoms with Crippen LogP contribution in [0.15, 0.2) is 42.5 Å². The molecule has 0 aliphatic carbocycles. The van der Waals surface area contributed by atoms with Gasteiger partial charge < -0.3 is 5.32 Å². The molecule has 0 spiro atoms. The zero-order valence-electron chi connectivity index (χ0n) is 13.2. The van der Waals surface area contributed by atoms with E-state index in [9.17, 15) is 4.79 Å². The first-order valence-corrected chi connectivity index (χ1v) is 7.50. The van der Waals surface area contributed by atoms with Crippen LogP contribution in [0.25, 0.3) is 0 Å². The van der Waals surface area contributed by atoms with Crippen molar-refractivity contribution in [3.63, 3.8) is 0 Å². The summed E-state index contributed by atoms with van der Waals surface area (Å²) in [5.74, 6) is 0.392. The Morgan fingerprint density at radius 3 is 2.52 bits per heavy atom. The van der Waals surface area contributed by atoms with Crippen LogP contribution in [0.3, 0.4) is 0 Å². The minimum absolute atomic E-state index is 0.0387. The molecule has 0 saturated carbocycles. The Labute approximate surface area is 127 Å². The Bertz CT molecular complexity index is 646. The molecule has 1 atom stereocenters. The minimum atomic E-state index is -0.0387. The fraction of sp³-hybridized carbons (Fsp3) is 0.316. The van der Waals surface area contributed by atoms with Gasteiger partial charge in [0.2, 0.25) is 0 Å². The van der Waals surface area contributed by atoms with Gasteiger partial charge in [-0.1, -0.05) is 49.7 Å². The number of carbonyl (C=O) groups is 1. The van der Waals surface area contributed by atoms with Crippen molar-refractivity contribution in [3.8, 4) is 0 Å². The molecule has 0 aromatic heterocycles. The van der Waals surface area contributed by atoms with E-state index in [2.05, 4.69) is 25.2 Å². The number of para-hydroxylation sites is 1. The largest absolute Gasteiger partial charge is 0.322 e. The highest BCUT2D eigenvalue weighted by Crippen LogP contribution is 2.27. The van der Waals surface area contributed by atoms with Crippen LogP contribution in [0.4, 0.5) is 5.69 Å². The van der Waals surface area contributed by atoms with Gasteiger partial charge in [-0.3, -0.25) is 4.79 Å². The van der Waals surface area contributed by atoms with E-state index in [-0.39, 0.29) is 5.91 Å². The van der Waals surface area contributed by atoms with Crippen molar-refractivity contribution in [1.82, 2.24) is 0 Å². The van der Waals surface area contributed by atoms with Crippen molar-refractivity contribution in [2.45, 2.75) is 40.0 Å². The third-order valence-corrected chi connectivity index (χ3v) is 3.98. The first kappa shape index (κ1) is 15.3. The highest BCUT2D eigenvalue weighted by Gasteiger charge is 2.13. The number of hydrogen-bond donors (Lipinski definition) is 1. The van der Waals surface area contributed by atoms with Crippen LogP contribution < -0.4 is 5.32 Å². The van der Waals surface area contributed by atoms with Gasteiger partial charge in [0.15, 0.2) is 0 Å². The molecule has 0 unspecified atom stereocenters. The van der Waals surface area contributed by atoms with E-state index in [1.807, 2.05) is 50.2 Å². The average Bonchev–Trinajstić information content (AvgIpc) is 2.46. The van der Waals surface area contributed by atoms with Crippen LogP contribution in [0.5, 0.6) is 0 Å². The molecule has 0 radical (unpaired) electrons. The lowest BCUT2D eigenvalue weighted by Gasteiger charge is -2.16. The molecule has 0 saturated heterocycles. The highest BCUT2D eigenvalue weighted by molar-refractivity contribution is 6.05. The van der Waals surface area contributed by atoms with Gasteiger partial charge in [-0.05, 0) is 49.4 Å². The van der Waals surface area contributed by atoms with Crippen molar-refractivity contribution in [3.05, 3.63) is 64.7 Å². The predicted molar refractivity (Wildman–Crippen MR) is 89.0 cm³/mol. The van der Waals surface area contributed by atoms with E-state index < -0.39 is 0 Å². The predicted octanol–water partition coefficient (Wildman–Crippen LogP) is 5.07. The number of aryl methyl sites for hydroxylation is 2. The van der Waals surface area contributed by atoms with Crippen molar-refractivity contribution < 1.29 is 4.79 Å². The topological polar surface area (TPSA) is 29.1 Å². The average molecular weight is 281 g/mol. The molecule has 2 aromatic carbocycles. The second-order valence-electron chi connectivity index (χ2n) is 5.67. The summed E-state index contributed by atoms with van der Waals surface area (Å²) in [5, 5.41) is 3.06. The Morgan fingerprint density at radius 1 is 1.14 bits per heavy atom. The van der Waals surface area contributed by atoms with Gasteiger partial charge in [-0.2, -0.15) is 0 Å². The maximum absolute atomic E-state index is 12.5. The summed E-state index contributed by atoms with van der Waals surface area (Å²) in [7, 11) is 0. The van der Waals surface area contributed by atoms with Crippen molar-refractivity contribution in [2.24, 2.45) is 0 Å². The molecule has 0 fully saturated rings. The second-order valence-corrected chi connectivity index (χ2v) is 5.67. The van der Waals surface area contributed by atoms with E-state index in [1.54, 1.807) is 0 Å². The van der Waals surface area contributed by atoms with Gasteiger partial charge in [0.1, 0.15) is 0 Å². The summed E-state index contributed by atoms with van der Waals surface area (Å²) in [4.78, 5) is 12.5. The van der Waals surface area contributed by atoms with Crippen LogP contribution in [-0.4, -0.2) is 5.91 Å². The Hall–Kier alpha value is -2.09. The zero-order valence-corrected chi connectivity index (χ0v) is 13.2. The lowest BCUT2D eigenvalue weighted by Crippen LogP contribution is -2.15. The SMILES string of the molecule is CC[C@H](C)c1ccccc1NC(=O)c1ccc(C)cc1C. The summed E-state index contributed by atoms with van der Waals surface area (Å²) >= 11 is 0. The minimum Gasteiger partial charge on any atom is -0.322 e. The molecule has 0 aliphatic heterocycles. The molecular weight excluding hydrogens is 258 g/mol. The van der Waals surface area contributed by atoms with Crippen LogP contribution in [0.1, 0.15) is 53.2 Å². The van der Waals surface area contributed by atoms with E-state index >= 15 is 0 Å². The van der Waals surface area contributed by atoms with Gasteiger partial charge in [0.25, 0.3) is 5.91 Å².